The largest absolute Gasteiger partial charge is 0.472 e. The van der Waals surface area contributed by atoms with Gasteiger partial charge < -0.3 is 14.4 Å². The second-order valence-electron chi connectivity index (χ2n) is 4.33. The van der Waals surface area contributed by atoms with Crippen LogP contribution in [0.4, 0.5) is 0 Å². The number of hydrogen-bond donors (Lipinski definition) is 1. The Morgan fingerprint density at radius 1 is 1.25 bits per heavy atom. The summed E-state index contributed by atoms with van der Waals surface area (Å²) in [5.41, 5.74) is 2.20. The number of hydrogen-bond acceptors (Lipinski definition) is 5. The monoisotopic (exact) mass is 302 g/mol. The summed E-state index contributed by atoms with van der Waals surface area (Å²) in [5, 5.41) is 0. The van der Waals surface area contributed by atoms with Gasteiger partial charge in [-0.3, -0.25) is 9.05 Å². The van der Waals surface area contributed by atoms with Crippen LogP contribution in [0.25, 0.3) is 0 Å². The van der Waals surface area contributed by atoms with Gasteiger partial charge in [-0.2, -0.15) is 0 Å². The van der Waals surface area contributed by atoms with E-state index < -0.39 is 13.9 Å². The third kappa shape index (κ3) is 6.66. The van der Waals surface area contributed by atoms with Crippen LogP contribution in [-0.4, -0.2) is 46.3 Å². The lowest BCUT2D eigenvalue weighted by atomic mass is 9.95. The molecule has 112 valence electrons. The van der Waals surface area contributed by atoms with E-state index in [1.54, 1.807) is 0 Å². The third-order valence-corrected chi connectivity index (χ3v) is 3.58. The van der Waals surface area contributed by atoms with E-state index in [-0.39, 0.29) is 13.2 Å². The summed E-state index contributed by atoms with van der Waals surface area (Å²) in [5.74, 6) is 0. The molecule has 0 saturated heterocycles. The molecule has 0 radical (unpaired) electrons. The molecule has 0 bridgehead atoms. The maximum atomic E-state index is 11.3. The molecule has 0 aliphatic rings. The first-order valence-electron chi connectivity index (χ1n) is 6.16. The molecule has 1 aromatic carbocycles. The van der Waals surface area contributed by atoms with Gasteiger partial charge in [-0.15, -0.1) is 0 Å². The smallest absolute Gasteiger partial charge is 0.382 e. The molecule has 2 atom stereocenters. The van der Waals surface area contributed by atoms with Gasteiger partial charge in [-0.05, 0) is 5.56 Å². The Morgan fingerprint density at radius 3 is 2.45 bits per heavy atom. The molecule has 1 rings (SSSR count). The Balaban J connectivity index is 2.42. The number of methoxy groups -OCH3 is 1. The second kappa shape index (κ2) is 8.57. The van der Waals surface area contributed by atoms with E-state index in [1.165, 1.54) is 12.6 Å². The Kier molecular flexibility index (Phi) is 7.44. The van der Waals surface area contributed by atoms with Crippen molar-refractivity contribution in [3.63, 3.8) is 0 Å². The maximum Gasteiger partial charge on any atom is 0.472 e. The van der Waals surface area contributed by atoms with E-state index in [4.69, 9.17) is 14.0 Å². The molecule has 1 N–H and O–H groups in total. The summed E-state index contributed by atoms with van der Waals surface area (Å²) in [7, 11) is 0.559. The third-order valence-electron chi connectivity index (χ3n) is 2.56. The fraction of sp³-hybridized carbons (Fsp3) is 0.500. The van der Waals surface area contributed by atoms with Gasteiger partial charge in [0.2, 0.25) is 0 Å². The van der Waals surface area contributed by atoms with E-state index in [0.717, 1.165) is 12.7 Å². The zero-order valence-electron chi connectivity index (χ0n) is 11.9. The number of phosphoric ester groups is 1. The van der Waals surface area contributed by atoms with Crippen molar-refractivity contribution in [1.29, 1.82) is 0 Å². The van der Waals surface area contributed by atoms with Crippen LogP contribution in [0.2, 0.25) is 0 Å². The van der Waals surface area contributed by atoms with E-state index >= 15 is 0 Å². The Labute approximate surface area is 120 Å². The molecule has 0 saturated carbocycles. The SMILES string of the molecule is Bc1ccc(COC[C@@H](COC)OP(=O)(O)OC)cc1. The molecule has 0 amide bonds. The highest BCUT2D eigenvalue weighted by Gasteiger charge is 2.25. The molecular weight excluding hydrogens is 282 g/mol. The normalized spacial score (nSPS) is 15.8. The maximum absolute atomic E-state index is 11.3. The highest BCUT2D eigenvalue weighted by molar-refractivity contribution is 7.47. The number of ether oxygens (including phenoxy) is 2. The zero-order chi connectivity index (χ0) is 15.0. The van der Waals surface area contributed by atoms with Crippen molar-refractivity contribution in [2.75, 3.05) is 27.4 Å². The summed E-state index contributed by atoms with van der Waals surface area (Å²) in [6.45, 7) is 0.671. The molecule has 0 aliphatic heterocycles. The van der Waals surface area contributed by atoms with Gasteiger partial charge in [0.15, 0.2) is 0 Å². The first-order valence-corrected chi connectivity index (χ1v) is 7.65. The van der Waals surface area contributed by atoms with Crippen LogP contribution in [0.5, 0.6) is 0 Å². The lowest BCUT2D eigenvalue weighted by molar-refractivity contribution is -0.0135. The first kappa shape index (κ1) is 17.4. The van der Waals surface area contributed by atoms with Crippen LogP contribution in [0.15, 0.2) is 24.3 Å². The molecule has 0 aromatic heterocycles. The predicted molar refractivity (Wildman–Crippen MR) is 77.9 cm³/mol. The lowest BCUT2D eigenvalue weighted by Gasteiger charge is -2.19. The van der Waals surface area contributed by atoms with Gasteiger partial charge in [0.1, 0.15) is 14.0 Å². The summed E-state index contributed by atoms with van der Waals surface area (Å²) in [6, 6.07) is 7.92. The minimum atomic E-state index is -4.04. The molecule has 8 heteroatoms. The van der Waals surface area contributed by atoms with Gasteiger partial charge in [0, 0.05) is 14.2 Å². The summed E-state index contributed by atoms with van der Waals surface area (Å²) in [4.78, 5) is 9.27. The lowest BCUT2D eigenvalue weighted by Crippen LogP contribution is -2.24. The van der Waals surface area contributed by atoms with Gasteiger partial charge >= 0.3 is 7.82 Å². The quantitative estimate of drug-likeness (QED) is 0.520. The molecule has 1 aromatic rings. The van der Waals surface area contributed by atoms with Crippen LogP contribution in [0, 0.1) is 0 Å². The molecule has 6 nitrogen and oxygen atoms in total. The molecule has 0 heterocycles. The summed E-state index contributed by atoms with van der Waals surface area (Å²) < 4.78 is 31.0. The standard InChI is InChI=1S/C12H20BO6P/c1-16-8-12(19-20(14,15)17-2)9-18-7-10-3-5-11(13)6-4-10/h3-6,12H,7-9,13H2,1-2H3,(H,14,15)/t12-/m1/s1. The Hall–Kier alpha value is -0.685. The van der Waals surface area contributed by atoms with Crippen molar-refractivity contribution >= 4 is 21.1 Å². The van der Waals surface area contributed by atoms with E-state index in [2.05, 4.69) is 4.52 Å². The minimum absolute atomic E-state index is 0.135. The van der Waals surface area contributed by atoms with Crippen LogP contribution in [0.3, 0.4) is 0 Å². The van der Waals surface area contributed by atoms with E-state index in [0.29, 0.717) is 6.61 Å². The van der Waals surface area contributed by atoms with Crippen LogP contribution in [-0.2, 0) is 29.7 Å². The average molecular weight is 302 g/mol. The highest BCUT2D eigenvalue weighted by atomic mass is 31.2. The molecule has 0 aliphatic carbocycles. The van der Waals surface area contributed by atoms with Gasteiger partial charge in [-0.25, -0.2) is 4.57 Å². The van der Waals surface area contributed by atoms with Crippen molar-refractivity contribution in [2.24, 2.45) is 0 Å². The van der Waals surface area contributed by atoms with Gasteiger partial charge in [0.05, 0.1) is 19.8 Å². The molecular formula is C12H20BO6P. The fourth-order valence-electron chi connectivity index (χ4n) is 1.52. The van der Waals surface area contributed by atoms with Crippen molar-refractivity contribution in [1.82, 2.24) is 0 Å². The summed E-state index contributed by atoms with van der Waals surface area (Å²) in [6.07, 6.45) is -0.666. The molecule has 20 heavy (non-hydrogen) atoms. The van der Waals surface area contributed by atoms with Crippen molar-refractivity contribution in [3.05, 3.63) is 29.8 Å². The zero-order valence-corrected chi connectivity index (χ0v) is 12.8. The molecule has 0 spiro atoms. The second-order valence-corrected chi connectivity index (χ2v) is 5.85. The first-order chi connectivity index (χ1) is 9.46. The minimum Gasteiger partial charge on any atom is -0.382 e. The van der Waals surface area contributed by atoms with Crippen molar-refractivity contribution < 1.29 is 28.0 Å². The van der Waals surface area contributed by atoms with Gasteiger partial charge in [0.25, 0.3) is 0 Å². The van der Waals surface area contributed by atoms with E-state index in [9.17, 15) is 9.46 Å². The van der Waals surface area contributed by atoms with Crippen molar-refractivity contribution in [3.8, 4) is 0 Å². The van der Waals surface area contributed by atoms with E-state index in [1.807, 2.05) is 32.1 Å². The predicted octanol–water partition coefficient (Wildman–Crippen LogP) is 0.240. The van der Waals surface area contributed by atoms with Gasteiger partial charge in [-0.1, -0.05) is 29.7 Å². The van der Waals surface area contributed by atoms with Crippen molar-refractivity contribution in [2.45, 2.75) is 12.7 Å². The fourth-order valence-corrected chi connectivity index (χ4v) is 2.10. The van der Waals surface area contributed by atoms with Crippen LogP contribution < -0.4 is 5.46 Å². The van der Waals surface area contributed by atoms with Crippen LogP contribution >= 0.6 is 7.82 Å². The molecule has 0 fully saturated rings. The number of rotatable bonds is 9. The average Bonchev–Trinajstić information content (AvgIpc) is 2.41. The highest BCUT2D eigenvalue weighted by Crippen LogP contribution is 2.43. The van der Waals surface area contributed by atoms with Crippen LogP contribution in [0.1, 0.15) is 5.56 Å². The number of benzene rings is 1. The Morgan fingerprint density at radius 2 is 1.90 bits per heavy atom. The Bertz CT molecular complexity index is 438. The number of phosphoric acid groups is 1. The summed E-state index contributed by atoms with van der Waals surface area (Å²) >= 11 is 0. The topological polar surface area (TPSA) is 74.2 Å². The molecule has 1 unspecified atom stereocenters.